The van der Waals surface area contributed by atoms with Gasteiger partial charge in [-0.05, 0) is 35.9 Å². The number of ether oxygens (including phenoxy) is 2. The highest BCUT2D eigenvalue weighted by molar-refractivity contribution is 6.12. The summed E-state index contributed by atoms with van der Waals surface area (Å²) in [6.07, 6.45) is 8.30. The first-order valence-corrected chi connectivity index (χ1v) is 8.63. The van der Waals surface area contributed by atoms with Gasteiger partial charge in [-0.2, -0.15) is 0 Å². The zero-order valence-corrected chi connectivity index (χ0v) is 14.7. The maximum absolute atomic E-state index is 12.5. The van der Waals surface area contributed by atoms with Crippen molar-refractivity contribution >= 4 is 17.8 Å². The molecular formula is C23H15NO4. The van der Waals surface area contributed by atoms with E-state index in [4.69, 9.17) is 9.47 Å². The molecule has 0 N–H and O–H groups in total. The topological polar surface area (TPSA) is 65.5 Å². The van der Waals surface area contributed by atoms with E-state index in [0.29, 0.717) is 22.6 Å². The van der Waals surface area contributed by atoms with Crippen LogP contribution in [0.1, 0.15) is 26.3 Å². The molecule has 0 unspecified atom stereocenters. The van der Waals surface area contributed by atoms with E-state index >= 15 is 0 Å². The van der Waals surface area contributed by atoms with Crippen LogP contribution in [0, 0.1) is 0 Å². The van der Waals surface area contributed by atoms with E-state index in [2.05, 4.69) is 4.98 Å². The first kappa shape index (κ1) is 17.4. The van der Waals surface area contributed by atoms with E-state index in [0.717, 1.165) is 5.56 Å². The van der Waals surface area contributed by atoms with Gasteiger partial charge in [-0.15, -0.1) is 0 Å². The number of pyridine rings is 1. The van der Waals surface area contributed by atoms with Crippen LogP contribution in [0.5, 0.6) is 11.5 Å². The third-order valence-corrected chi connectivity index (χ3v) is 4.10. The molecule has 0 bridgehead atoms. The Morgan fingerprint density at radius 2 is 1.79 bits per heavy atom. The van der Waals surface area contributed by atoms with Crippen molar-refractivity contribution < 1.29 is 19.1 Å². The molecule has 0 aliphatic carbocycles. The third kappa shape index (κ3) is 3.73. The summed E-state index contributed by atoms with van der Waals surface area (Å²) < 4.78 is 11.0. The van der Waals surface area contributed by atoms with E-state index in [1.54, 1.807) is 36.4 Å². The third-order valence-electron chi connectivity index (χ3n) is 4.10. The summed E-state index contributed by atoms with van der Waals surface area (Å²) in [5.41, 5.74) is 1.84. The first-order valence-electron chi connectivity index (χ1n) is 8.63. The smallest absolute Gasteiger partial charge is 0.343 e. The van der Waals surface area contributed by atoms with Gasteiger partial charge >= 0.3 is 5.97 Å². The fourth-order valence-electron chi connectivity index (χ4n) is 2.71. The molecule has 1 aromatic heterocycles. The number of benzene rings is 2. The van der Waals surface area contributed by atoms with Crippen LogP contribution in [0.2, 0.25) is 0 Å². The lowest BCUT2D eigenvalue weighted by Crippen LogP contribution is -2.08. The van der Waals surface area contributed by atoms with E-state index in [9.17, 15) is 9.59 Å². The number of rotatable bonds is 4. The highest BCUT2D eigenvalue weighted by Gasteiger charge is 2.27. The second kappa shape index (κ2) is 7.72. The van der Waals surface area contributed by atoms with Crippen LogP contribution >= 0.6 is 0 Å². The summed E-state index contributed by atoms with van der Waals surface area (Å²) in [5.74, 6) is 0.173. The number of hydrogen-bond acceptors (Lipinski definition) is 5. The molecule has 28 heavy (non-hydrogen) atoms. The minimum atomic E-state index is -0.506. The van der Waals surface area contributed by atoms with Gasteiger partial charge in [-0.3, -0.25) is 9.78 Å². The summed E-state index contributed by atoms with van der Waals surface area (Å²) in [6.45, 7) is 0. The average molecular weight is 369 g/mol. The van der Waals surface area contributed by atoms with Gasteiger partial charge < -0.3 is 9.47 Å². The zero-order valence-electron chi connectivity index (χ0n) is 14.7. The summed E-state index contributed by atoms with van der Waals surface area (Å²) in [5, 5.41) is 0. The SMILES string of the molecule is O=C(Oc1ccc2c(c1)O/C(=C\C=C\c1ccccc1)C2=O)c1ccncc1. The number of allylic oxidation sites excluding steroid dienone is 3. The van der Waals surface area contributed by atoms with Crippen LogP contribution < -0.4 is 9.47 Å². The molecule has 0 radical (unpaired) electrons. The largest absolute Gasteiger partial charge is 0.452 e. The van der Waals surface area contributed by atoms with Gasteiger partial charge in [0.1, 0.15) is 11.5 Å². The fourth-order valence-corrected chi connectivity index (χ4v) is 2.71. The van der Waals surface area contributed by atoms with Crippen molar-refractivity contribution in [2.45, 2.75) is 0 Å². The van der Waals surface area contributed by atoms with E-state index < -0.39 is 5.97 Å². The molecule has 5 nitrogen and oxygen atoms in total. The Morgan fingerprint density at radius 3 is 2.57 bits per heavy atom. The second-order valence-electron chi connectivity index (χ2n) is 6.02. The number of hydrogen-bond donors (Lipinski definition) is 0. The molecule has 0 saturated heterocycles. The fraction of sp³-hybridized carbons (Fsp3) is 0. The number of esters is 1. The predicted molar refractivity (Wildman–Crippen MR) is 104 cm³/mol. The Morgan fingerprint density at radius 1 is 1.00 bits per heavy atom. The van der Waals surface area contributed by atoms with Crippen molar-refractivity contribution in [2.24, 2.45) is 0 Å². The van der Waals surface area contributed by atoms with Crippen molar-refractivity contribution in [2.75, 3.05) is 0 Å². The monoisotopic (exact) mass is 369 g/mol. The number of carbonyl (C=O) groups excluding carboxylic acids is 2. The normalized spacial score (nSPS) is 14.1. The summed E-state index contributed by atoms with van der Waals surface area (Å²) in [6, 6.07) is 17.6. The van der Waals surface area contributed by atoms with Crippen molar-refractivity contribution in [1.29, 1.82) is 0 Å². The van der Waals surface area contributed by atoms with Crippen LogP contribution in [0.25, 0.3) is 6.08 Å². The van der Waals surface area contributed by atoms with Crippen LogP contribution in [0.15, 0.2) is 91.0 Å². The molecule has 2 heterocycles. The average Bonchev–Trinajstić information content (AvgIpc) is 3.04. The Balaban J connectivity index is 1.49. The Kier molecular flexibility index (Phi) is 4.80. The number of nitrogens with zero attached hydrogens (tertiary/aromatic N) is 1. The molecule has 0 atom stereocenters. The van der Waals surface area contributed by atoms with Gasteiger partial charge in [0.25, 0.3) is 0 Å². The van der Waals surface area contributed by atoms with Crippen molar-refractivity contribution in [3.8, 4) is 11.5 Å². The summed E-state index contributed by atoms with van der Waals surface area (Å²) in [7, 11) is 0. The lowest BCUT2D eigenvalue weighted by atomic mass is 10.1. The molecule has 136 valence electrons. The number of Topliss-reactive ketones (excluding diaryl/α,β-unsaturated/α-hetero) is 1. The van der Waals surface area contributed by atoms with Crippen LogP contribution in [-0.4, -0.2) is 16.7 Å². The molecule has 1 aliphatic heterocycles. The second-order valence-corrected chi connectivity index (χ2v) is 6.02. The van der Waals surface area contributed by atoms with Crippen LogP contribution in [-0.2, 0) is 0 Å². The standard InChI is InChI=1S/C23H15NO4/c25-22-19-10-9-18(27-23(26)17-11-13-24-14-12-17)15-21(19)28-20(22)8-4-7-16-5-2-1-3-6-16/h1-15H/b7-4+,20-8-. The molecule has 4 rings (SSSR count). The molecule has 5 heteroatoms. The molecule has 0 amide bonds. The zero-order chi connectivity index (χ0) is 19.3. The highest BCUT2D eigenvalue weighted by Crippen LogP contribution is 2.34. The van der Waals surface area contributed by atoms with Gasteiger partial charge in [-0.25, -0.2) is 4.79 Å². The van der Waals surface area contributed by atoms with Gasteiger partial charge in [0.15, 0.2) is 5.76 Å². The lowest BCUT2D eigenvalue weighted by molar-refractivity contribution is 0.0734. The van der Waals surface area contributed by atoms with Crippen LogP contribution in [0.4, 0.5) is 0 Å². The van der Waals surface area contributed by atoms with Crippen molar-refractivity contribution in [1.82, 2.24) is 4.98 Å². The quantitative estimate of drug-likeness (QED) is 0.386. The molecule has 2 aromatic carbocycles. The molecule has 0 spiro atoms. The number of carbonyl (C=O) groups is 2. The Hall–Kier alpha value is -3.99. The molecule has 3 aromatic rings. The van der Waals surface area contributed by atoms with Crippen molar-refractivity contribution in [3.05, 3.63) is 108 Å². The molecular weight excluding hydrogens is 354 g/mol. The Labute approximate surface area is 161 Å². The number of ketones is 1. The van der Waals surface area contributed by atoms with E-state index in [1.165, 1.54) is 18.5 Å². The minimum Gasteiger partial charge on any atom is -0.452 e. The molecule has 0 saturated carbocycles. The molecule has 1 aliphatic rings. The number of aromatic nitrogens is 1. The van der Waals surface area contributed by atoms with Crippen molar-refractivity contribution in [3.63, 3.8) is 0 Å². The number of fused-ring (bicyclic) bond motifs is 1. The summed E-state index contributed by atoms with van der Waals surface area (Å²) >= 11 is 0. The molecule has 0 fully saturated rings. The summed E-state index contributed by atoms with van der Waals surface area (Å²) in [4.78, 5) is 28.5. The first-order chi connectivity index (χ1) is 13.7. The van der Waals surface area contributed by atoms with Gasteiger partial charge in [0.2, 0.25) is 5.78 Å². The minimum absolute atomic E-state index is 0.209. The van der Waals surface area contributed by atoms with E-state index in [1.807, 2.05) is 36.4 Å². The van der Waals surface area contributed by atoms with E-state index in [-0.39, 0.29) is 11.5 Å². The maximum atomic E-state index is 12.5. The highest BCUT2D eigenvalue weighted by atomic mass is 16.5. The van der Waals surface area contributed by atoms with Gasteiger partial charge in [0.05, 0.1) is 11.1 Å². The maximum Gasteiger partial charge on any atom is 0.343 e. The Bertz CT molecular complexity index is 1090. The predicted octanol–water partition coefficient (Wildman–Crippen LogP) is 4.47. The van der Waals surface area contributed by atoms with Gasteiger partial charge in [0, 0.05) is 18.5 Å². The van der Waals surface area contributed by atoms with Crippen LogP contribution in [0.3, 0.4) is 0 Å². The lowest BCUT2D eigenvalue weighted by Gasteiger charge is -2.05. The van der Waals surface area contributed by atoms with Gasteiger partial charge in [-0.1, -0.05) is 42.5 Å².